The summed E-state index contributed by atoms with van der Waals surface area (Å²) in [5.41, 5.74) is 7.47. The number of aryl methyl sites for hydroxylation is 1. The van der Waals surface area contributed by atoms with Gasteiger partial charge in [0.25, 0.3) is 0 Å². The van der Waals surface area contributed by atoms with Gasteiger partial charge in [0, 0.05) is 16.9 Å². The van der Waals surface area contributed by atoms with E-state index in [-0.39, 0.29) is 5.75 Å². The lowest BCUT2D eigenvalue weighted by Crippen LogP contribution is -2.19. The molecule has 7 heteroatoms. The van der Waals surface area contributed by atoms with Crippen molar-refractivity contribution in [2.24, 2.45) is 0 Å². The molecule has 0 spiro atoms. The van der Waals surface area contributed by atoms with Gasteiger partial charge in [0.15, 0.2) is 0 Å². The Labute approximate surface area is 126 Å². The second kappa shape index (κ2) is 6.23. The molecule has 0 saturated carbocycles. The van der Waals surface area contributed by atoms with Gasteiger partial charge in [-0.3, -0.25) is 9.71 Å². The topological polar surface area (TPSA) is 85.1 Å². The number of halogens is 1. The molecule has 106 valence electrons. The molecule has 0 amide bonds. The van der Waals surface area contributed by atoms with E-state index in [0.29, 0.717) is 17.8 Å². The second-order valence-corrected chi connectivity index (χ2v) is 7.02. The highest BCUT2D eigenvalue weighted by Crippen LogP contribution is 2.24. The third-order valence-electron chi connectivity index (χ3n) is 2.69. The third kappa shape index (κ3) is 4.21. The number of aromatic nitrogens is 1. The standard InChI is InChI=1S/C13H14BrN3O2S/c14-11-1-2-13(12(15)9-11)17-20(18,19)8-5-10-3-6-16-7-4-10/h1-4,6-7,9,17H,5,8,15H2. The van der Waals surface area contributed by atoms with E-state index < -0.39 is 10.0 Å². The maximum absolute atomic E-state index is 12.0. The number of nitrogens with zero attached hydrogens (tertiary/aromatic N) is 1. The van der Waals surface area contributed by atoms with Crippen molar-refractivity contribution in [3.05, 3.63) is 52.8 Å². The Morgan fingerprint density at radius 2 is 1.90 bits per heavy atom. The van der Waals surface area contributed by atoms with Gasteiger partial charge in [-0.2, -0.15) is 0 Å². The minimum Gasteiger partial charge on any atom is -0.397 e. The molecular formula is C13H14BrN3O2S. The van der Waals surface area contributed by atoms with Crippen molar-refractivity contribution in [2.45, 2.75) is 6.42 Å². The molecule has 5 nitrogen and oxygen atoms in total. The Hall–Kier alpha value is -1.60. The quantitative estimate of drug-likeness (QED) is 0.806. The number of rotatable bonds is 5. The van der Waals surface area contributed by atoms with Crippen LogP contribution in [-0.4, -0.2) is 19.2 Å². The zero-order valence-corrected chi connectivity index (χ0v) is 13.0. The van der Waals surface area contributed by atoms with Crippen LogP contribution >= 0.6 is 15.9 Å². The van der Waals surface area contributed by atoms with Crippen LogP contribution in [0.15, 0.2) is 47.2 Å². The number of nitrogens with one attached hydrogen (secondary N) is 1. The van der Waals surface area contributed by atoms with Crippen LogP contribution in [0.25, 0.3) is 0 Å². The monoisotopic (exact) mass is 355 g/mol. The van der Waals surface area contributed by atoms with Gasteiger partial charge in [-0.25, -0.2) is 8.42 Å². The van der Waals surface area contributed by atoms with E-state index >= 15 is 0 Å². The zero-order valence-electron chi connectivity index (χ0n) is 10.6. The average Bonchev–Trinajstić information content (AvgIpc) is 2.41. The molecule has 3 N–H and O–H groups in total. The average molecular weight is 356 g/mol. The molecule has 2 rings (SSSR count). The summed E-state index contributed by atoms with van der Waals surface area (Å²) in [5.74, 6) is -0.00742. The first-order chi connectivity index (χ1) is 9.46. The van der Waals surface area contributed by atoms with Crippen molar-refractivity contribution in [1.29, 1.82) is 0 Å². The first kappa shape index (κ1) is 14.8. The molecule has 1 heterocycles. The minimum atomic E-state index is -3.43. The summed E-state index contributed by atoms with van der Waals surface area (Å²) >= 11 is 3.27. The lowest BCUT2D eigenvalue weighted by atomic mass is 10.2. The maximum Gasteiger partial charge on any atom is 0.233 e. The maximum atomic E-state index is 12.0. The molecule has 0 aliphatic heterocycles. The fourth-order valence-corrected chi connectivity index (χ4v) is 3.15. The van der Waals surface area contributed by atoms with Gasteiger partial charge in [-0.1, -0.05) is 15.9 Å². The van der Waals surface area contributed by atoms with E-state index in [1.165, 1.54) is 0 Å². The van der Waals surface area contributed by atoms with Crippen LogP contribution in [0, 0.1) is 0 Å². The van der Waals surface area contributed by atoms with E-state index in [9.17, 15) is 8.42 Å². The Morgan fingerprint density at radius 3 is 2.55 bits per heavy atom. The summed E-state index contributed by atoms with van der Waals surface area (Å²) < 4.78 is 27.3. The van der Waals surface area contributed by atoms with E-state index in [2.05, 4.69) is 25.6 Å². The van der Waals surface area contributed by atoms with Gasteiger partial charge in [-0.05, 0) is 42.3 Å². The van der Waals surface area contributed by atoms with Gasteiger partial charge < -0.3 is 5.73 Å². The fourth-order valence-electron chi connectivity index (χ4n) is 1.65. The minimum absolute atomic E-state index is 0.00742. The third-order valence-corrected chi connectivity index (χ3v) is 4.45. The number of sulfonamides is 1. The fraction of sp³-hybridized carbons (Fsp3) is 0.154. The molecule has 20 heavy (non-hydrogen) atoms. The highest BCUT2D eigenvalue weighted by Gasteiger charge is 2.12. The smallest absolute Gasteiger partial charge is 0.233 e. The first-order valence-corrected chi connectivity index (χ1v) is 8.35. The highest BCUT2D eigenvalue weighted by molar-refractivity contribution is 9.10. The summed E-state index contributed by atoms with van der Waals surface area (Å²) in [6, 6.07) is 8.61. The Bertz CT molecular complexity index is 690. The van der Waals surface area contributed by atoms with Crippen LogP contribution in [0.3, 0.4) is 0 Å². The van der Waals surface area contributed by atoms with E-state index in [0.717, 1.165) is 10.0 Å². The predicted octanol–water partition coefficient (Wildman–Crippen LogP) is 2.41. The lowest BCUT2D eigenvalue weighted by Gasteiger charge is -2.10. The number of anilines is 2. The number of nitrogen functional groups attached to an aromatic ring is 1. The van der Waals surface area contributed by atoms with Crippen LogP contribution in [-0.2, 0) is 16.4 Å². The molecule has 0 aliphatic carbocycles. The van der Waals surface area contributed by atoms with Gasteiger partial charge in [0.1, 0.15) is 0 Å². The predicted molar refractivity (Wildman–Crippen MR) is 83.9 cm³/mol. The van der Waals surface area contributed by atoms with Crippen LogP contribution in [0.5, 0.6) is 0 Å². The first-order valence-electron chi connectivity index (χ1n) is 5.91. The molecule has 0 fully saturated rings. The van der Waals surface area contributed by atoms with E-state index in [1.807, 2.05) is 0 Å². The van der Waals surface area contributed by atoms with Gasteiger partial charge >= 0.3 is 0 Å². The van der Waals surface area contributed by atoms with Gasteiger partial charge in [0.05, 0.1) is 17.1 Å². The van der Waals surface area contributed by atoms with Crippen molar-refractivity contribution in [3.8, 4) is 0 Å². The summed E-state index contributed by atoms with van der Waals surface area (Å²) in [7, 11) is -3.43. The molecular weight excluding hydrogens is 342 g/mol. The molecule has 0 aliphatic rings. The normalized spacial score (nSPS) is 11.2. The molecule has 0 unspecified atom stereocenters. The number of pyridine rings is 1. The van der Waals surface area contributed by atoms with Crippen molar-refractivity contribution in [1.82, 2.24) is 4.98 Å². The lowest BCUT2D eigenvalue weighted by molar-refractivity contribution is 0.600. The zero-order chi connectivity index (χ0) is 14.6. The number of hydrogen-bond donors (Lipinski definition) is 2. The molecule has 1 aromatic heterocycles. The van der Waals surface area contributed by atoms with Crippen molar-refractivity contribution < 1.29 is 8.42 Å². The van der Waals surface area contributed by atoms with Gasteiger partial charge in [-0.15, -0.1) is 0 Å². The van der Waals surface area contributed by atoms with Crippen LogP contribution < -0.4 is 10.5 Å². The summed E-state index contributed by atoms with van der Waals surface area (Å²) in [6.45, 7) is 0. The van der Waals surface area contributed by atoms with E-state index in [4.69, 9.17) is 5.73 Å². The molecule has 0 bridgehead atoms. The highest BCUT2D eigenvalue weighted by atomic mass is 79.9. The van der Waals surface area contributed by atoms with Crippen LogP contribution in [0.1, 0.15) is 5.56 Å². The van der Waals surface area contributed by atoms with Gasteiger partial charge in [0.2, 0.25) is 10.0 Å². The number of hydrogen-bond acceptors (Lipinski definition) is 4. The van der Waals surface area contributed by atoms with Crippen LogP contribution in [0.4, 0.5) is 11.4 Å². The van der Waals surface area contributed by atoms with Crippen molar-refractivity contribution in [3.63, 3.8) is 0 Å². The largest absolute Gasteiger partial charge is 0.397 e. The summed E-state index contributed by atoms with van der Waals surface area (Å²) in [5, 5.41) is 0. The Balaban J connectivity index is 2.04. The van der Waals surface area contributed by atoms with Crippen LogP contribution in [0.2, 0.25) is 0 Å². The second-order valence-electron chi connectivity index (χ2n) is 4.26. The van der Waals surface area contributed by atoms with E-state index in [1.54, 1.807) is 42.7 Å². The SMILES string of the molecule is Nc1cc(Br)ccc1NS(=O)(=O)CCc1ccncc1. The summed E-state index contributed by atoms with van der Waals surface area (Å²) in [4.78, 5) is 3.89. The molecule has 2 aromatic rings. The number of nitrogens with two attached hydrogens (primary N) is 1. The van der Waals surface area contributed by atoms with Crippen molar-refractivity contribution in [2.75, 3.05) is 16.2 Å². The molecule has 0 saturated heterocycles. The molecule has 1 aromatic carbocycles. The number of benzene rings is 1. The Kier molecular flexibility index (Phi) is 4.61. The summed E-state index contributed by atoms with van der Waals surface area (Å²) in [6.07, 6.45) is 3.71. The van der Waals surface area contributed by atoms with Crippen molar-refractivity contribution >= 4 is 37.3 Å². The molecule has 0 atom stereocenters. The molecule has 0 radical (unpaired) electrons. The Morgan fingerprint density at radius 1 is 1.20 bits per heavy atom.